The van der Waals surface area contributed by atoms with Crippen molar-refractivity contribution in [1.82, 2.24) is 14.7 Å². The average Bonchev–Trinajstić information content (AvgIpc) is 3.12. The number of aryl methyl sites for hydroxylation is 1. The molecule has 0 aliphatic carbocycles. The predicted octanol–water partition coefficient (Wildman–Crippen LogP) is 4.90. The van der Waals surface area contributed by atoms with Crippen LogP contribution in [0.4, 0.5) is 15.9 Å². The molecule has 0 bridgehead atoms. The van der Waals surface area contributed by atoms with Gasteiger partial charge in [-0.25, -0.2) is 9.07 Å². The number of benzene rings is 2. The molecule has 0 spiro atoms. The van der Waals surface area contributed by atoms with Crippen molar-refractivity contribution in [2.45, 2.75) is 44.6 Å². The number of nitrogens with zero attached hydrogens (tertiary/aromatic N) is 5. The minimum absolute atomic E-state index is 0.0206. The summed E-state index contributed by atoms with van der Waals surface area (Å²) < 4.78 is 17.2. The van der Waals surface area contributed by atoms with E-state index in [9.17, 15) is 10.1 Å². The lowest BCUT2D eigenvalue weighted by Gasteiger charge is -2.38. The molecule has 1 aliphatic rings. The Morgan fingerprint density at radius 3 is 2.42 bits per heavy atom. The molecule has 1 fully saturated rings. The van der Waals surface area contributed by atoms with E-state index in [-0.39, 0.29) is 17.8 Å². The van der Waals surface area contributed by atoms with Crippen molar-refractivity contribution in [1.29, 1.82) is 0 Å². The quantitative estimate of drug-likeness (QED) is 0.378. The summed E-state index contributed by atoms with van der Waals surface area (Å²) in [7, 11) is 1.69. The van der Waals surface area contributed by atoms with Gasteiger partial charge in [0, 0.05) is 38.8 Å². The van der Waals surface area contributed by atoms with E-state index in [2.05, 4.69) is 41.2 Å². The third-order valence-corrected chi connectivity index (χ3v) is 6.59. The van der Waals surface area contributed by atoms with Gasteiger partial charge in [0.2, 0.25) is 5.82 Å². The van der Waals surface area contributed by atoms with Gasteiger partial charge in [0.15, 0.2) is 0 Å². The summed E-state index contributed by atoms with van der Waals surface area (Å²) in [5.74, 6) is 0.443. The number of halogens is 1. The minimum atomic E-state index is -1.04. The smallest absolute Gasteiger partial charge is 0.331 e. The highest BCUT2D eigenvalue weighted by Crippen LogP contribution is 2.34. The monoisotopic (exact) mass is 451 g/mol. The molecule has 3 aromatic rings. The molecular weight excluding hydrogens is 421 g/mol. The van der Waals surface area contributed by atoms with Crippen molar-refractivity contribution in [3.8, 4) is 0 Å². The van der Waals surface area contributed by atoms with Crippen LogP contribution >= 0.6 is 0 Å². The SMILES string of the molecule is C[C@@H](c1ccccc1)N(Cc1ccccc1)[C@H]1CCN(c2c([N+](=O)[O-])cnn2C)CC[C@@H]1F. The van der Waals surface area contributed by atoms with Crippen LogP contribution in [0.3, 0.4) is 0 Å². The van der Waals surface area contributed by atoms with Gasteiger partial charge in [-0.2, -0.15) is 5.10 Å². The first-order valence-electron chi connectivity index (χ1n) is 11.4. The van der Waals surface area contributed by atoms with Gasteiger partial charge < -0.3 is 4.90 Å². The van der Waals surface area contributed by atoms with E-state index >= 15 is 4.39 Å². The Morgan fingerprint density at radius 2 is 1.76 bits per heavy atom. The van der Waals surface area contributed by atoms with E-state index < -0.39 is 11.1 Å². The molecule has 1 saturated heterocycles. The number of aromatic nitrogens is 2. The Kier molecular flexibility index (Phi) is 7.03. The van der Waals surface area contributed by atoms with Crippen molar-refractivity contribution in [3.05, 3.63) is 88.1 Å². The lowest BCUT2D eigenvalue weighted by atomic mass is 9.98. The molecule has 8 heteroatoms. The van der Waals surface area contributed by atoms with Crippen LogP contribution in [0.2, 0.25) is 0 Å². The van der Waals surface area contributed by atoms with Crippen molar-refractivity contribution in [2.75, 3.05) is 18.0 Å². The van der Waals surface area contributed by atoms with E-state index in [1.165, 1.54) is 10.9 Å². The van der Waals surface area contributed by atoms with Gasteiger partial charge in [-0.3, -0.25) is 15.0 Å². The number of hydrogen-bond donors (Lipinski definition) is 0. The van der Waals surface area contributed by atoms with E-state index in [4.69, 9.17) is 0 Å². The lowest BCUT2D eigenvalue weighted by molar-refractivity contribution is -0.384. The number of anilines is 1. The van der Waals surface area contributed by atoms with Gasteiger partial charge in [0.05, 0.1) is 4.92 Å². The number of rotatable bonds is 7. The number of hydrogen-bond acceptors (Lipinski definition) is 5. The average molecular weight is 452 g/mol. The Bertz CT molecular complexity index is 1060. The highest BCUT2D eigenvalue weighted by molar-refractivity contribution is 5.57. The fourth-order valence-corrected chi connectivity index (χ4v) is 4.81. The zero-order chi connectivity index (χ0) is 23.4. The van der Waals surface area contributed by atoms with Crippen LogP contribution < -0.4 is 4.90 Å². The van der Waals surface area contributed by atoms with Crippen LogP contribution in [0, 0.1) is 10.1 Å². The number of alkyl halides is 1. The molecule has 2 heterocycles. The lowest BCUT2D eigenvalue weighted by Crippen LogP contribution is -2.43. The first-order valence-corrected chi connectivity index (χ1v) is 11.4. The zero-order valence-electron chi connectivity index (χ0n) is 19.0. The molecule has 0 radical (unpaired) electrons. The maximum atomic E-state index is 15.7. The Balaban J connectivity index is 1.61. The normalized spacial score (nSPS) is 19.9. The fraction of sp³-hybridized carbons (Fsp3) is 0.400. The molecule has 2 aromatic carbocycles. The Morgan fingerprint density at radius 1 is 1.12 bits per heavy atom. The molecule has 7 nitrogen and oxygen atoms in total. The summed E-state index contributed by atoms with van der Waals surface area (Å²) in [6, 6.07) is 20.0. The van der Waals surface area contributed by atoms with Crippen molar-refractivity contribution < 1.29 is 9.31 Å². The Labute approximate surface area is 193 Å². The maximum Gasteiger partial charge on any atom is 0.331 e. The summed E-state index contributed by atoms with van der Waals surface area (Å²) in [5.41, 5.74) is 2.24. The summed E-state index contributed by atoms with van der Waals surface area (Å²) in [6.45, 7) is 3.70. The molecule has 3 atom stereocenters. The largest absolute Gasteiger partial charge is 0.351 e. The third kappa shape index (κ3) is 5.06. The second-order valence-corrected chi connectivity index (χ2v) is 8.63. The van der Waals surface area contributed by atoms with Crippen molar-refractivity contribution in [2.24, 2.45) is 7.05 Å². The molecule has 0 amide bonds. The standard InChI is InChI=1S/C25H30FN5O2/c1-19(21-11-7-4-8-12-21)30(18-20-9-5-3-6-10-20)23-14-16-29(15-13-22(23)26)25-24(31(32)33)17-27-28(25)2/h3-12,17,19,22-23H,13-16,18H2,1-2H3/t19-,22-,23-/m0/s1. The molecular formula is C25H30FN5O2. The summed E-state index contributed by atoms with van der Waals surface area (Å²) in [4.78, 5) is 15.2. The second-order valence-electron chi connectivity index (χ2n) is 8.63. The molecule has 1 aromatic heterocycles. The molecule has 0 N–H and O–H groups in total. The van der Waals surface area contributed by atoms with Gasteiger partial charge in [-0.05, 0) is 30.9 Å². The first kappa shape index (κ1) is 22.9. The molecule has 33 heavy (non-hydrogen) atoms. The highest BCUT2D eigenvalue weighted by Gasteiger charge is 2.36. The van der Waals surface area contributed by atoms with Crippen molar-refractivity contribution in [3.63, 3.8) is 0 Å². The van der Waals surface area contributed by atoms with E-state index in [1.54, 1.807) is 7.05 Å². The molecule has 4 rings (SSSR count). The van der Waals surface area contributed by atoms with E-state index in [1.807, 2.05) is 41.3 Å². The van der Waals surface area contributed by atoms with E-state index in [0.29, 0.717) is 38.3 Å². The van der Waals surface area contributed by atoms with Gasteiger partial charge >= 0.3 is 5.69 Å². The van der Waals surface area contributed by atoms with Crippen LogP contribution in [-0.2, 0) is 13.6 Å². The third-order valence-electron chi connectivity index (χ3n) is 6.59. The van der Waals surface area contributed by atoms with Crippen LogP contribution in [0.5, 0.6) is 0 Å². The topological polar surface area (TPSA) is 67.4 Å². The first-order chi connectivity index (χ1) is 16.0. The van der Waals surface area contributed by atoms with Crippen LogP contribution in [0.25, 0.3) is 0 Å². The van der Waals surface area contributed by atoms with Gasteiger partial charge in [-0.15, -0.1) is 0 Å². The highest BCUT2D eigenvalue weighted by atomic mass is 19.1. The summed E-state index contributed by atoms with van der Waals surface area (Å²) in [6.07, 6.45) is 1.09. The van der Waals surface area contributed by atoms with Gasteiger partial charge in [-0.1, -0.05) is 60.7 Å². The van der Waals surface area contributed by atoms with Gasteiger partial charge in [0.25, 0.3) is 0 Å². The molecule has 1 aliphatic heterocycles. The van der Waals surface area contributed by atoms with Crippen molar-refractivity contribution >= 4 is 11.5 Å². The summed E-state index contributed by atoms with van der Waals surface area (Å²) >= 11 is 0. The van der Waals surface area contributed by atoms with Crippen LogP contribution in [-0.4, -0.2) is 44.9 Å². The fourth-order valence-electron chi connectivity index (χ4n) is 4.81. The van der Waals surface area contributed by atoms with Crippen LogP contribution in [0.15, 0.2) is 66.9 Å². The summed E-state index contributed by atoms with van der Waals surface area (Å²) in [5, 5.41) is 15.6. The minimum Gasteiger partial charge on any atom is -0.351 e. The maximum absolute atomic E-state index is 15.7. The van der Waals surface area contributed by atoms with Crippen LogP contribution in [0.1, 0.15) is 36.9 Å². The zero-order valence-corrected chi connectivity index (χ0v) is 19.0. The molecule has 0 unspecified atom stereocenters. The molecule has 0 saturated carbocycles. The van der Waals surface area contributed by atoms with Gasteiger partial charge in [0.1, 0.15) is 12.4 Å². The second kappa shape index (κ2) is 10.1. The number of nitro groups is 1. The predicted molar refractivity (Wildman–Crippen MR) is 127 cm³/mol. The van der Waals surface area contributed by atoms with E-state index in [0.717, 1.165) is 11.1 Å². The molecule has 174 valence electrons. The Hall–Kier alpha value is -3.26.